The highest BCUT2D eigenvalue weighted by Gasteiger charge is 2.21. The van der Waals surface area contributed by atoms with E-state index in [2.05, 4.69) is 62.0 Å². The summed E-state index contributed by atoms with van der Waals surface area (Å²) in [5.41, 5.74) is 8.23. The van der Waals surface area contributed by atoms with Crippen molar-refractivity contribution in [3.63, 3.8) is 0 Å². The van der Waals surface area contributed by atoms with E-state index >= 15 is 0 Å². The maximum Gasteiger partial charge on any atom is -0.00131 e. The third-order valence-corrected chi connectivity index (χ3v) is 4.37. The van der Waals surface area contributed by atoms with E-state index < -0.39 is 0 Å². The van der Waals surface area contributed by atoms with Crippen LogP contribution in [0.4, 0.5) is 0 Å². The predicted molar refractivity (Wildman–Crippen MR) is 87.0 cm³/mol. The van der Waals surface area contributed by atoms with E-state index in [-0.39, 0.29) is 0 Å². The van der Waals surface area contributed by atoms with Gasteiger partial charge in [0.2, 0.25) is 0 Å². The molecule has 0 saturated heterocycles. The number of hydrogen-bond donors (Lipinski definition) is 0. The van der Waals surface area contributed by atoms with Gasteiger partial charge in [0.1, 0.15) is 0 Å². The Kier molecular flexibility index (Phi) is 2.34. The summed E-state index contributed by atoms with van der Waals surface area (Å²) >= 11 is 0. The molecule has 96 valence electrons. The molecule has 0 aromatic heterocycles. The fourth-order valence-corrected chi connectivity index (χ4v) is 3.50. The number of fused-ring (bicyclic) bond motifs is 2. The first kappa shape index (κ1) is 11.5. The van der Waals surface area contributed by atoms with Gasteiger partial charge in [0.05, 0.1) is 0 Å². The molecule has 0 N–H and O–H groups in total. The number of rotatable bonds is 1. The number of benzene rings is 3. The number of aryl methyl sites for hydroxylation is 1. The molecule has 0 spiro atoms. The fourth-order valence-electron chi connectivity index (χ4n) is 3.50. The molecule has 0 radical (unpaired) electrons. The van der Waals surface area contributed by atoms with E-state index in [4.69, 9.17) is 0 Å². The van der Waals surface area contributed by atoms with E-state index in [1.165, 1.54) is 44.2 Å². The highest BCUT2D eigenvalue weighted by molar-refractivity contribution is 6.05. The van der Waals surface area contributed by atoms with Crippen LogP contribution in [0.5, 0.6) is 0 Å². The Labute approximate surface area is 119 Å². The van der Waals surface area contributed by atoms with Crippen LogP contribution in [0.3, 0.4) is 0 Å². The average molecular weight is 256 g/mol. The van der Waals surface area contributed by atoms with Crippen LogP contribution in [0.25, 0.3) is 28.0 Å². The quantitative estimate of drug-likeness (QED) is 0.430. The molecular formula is C20H16. The van der Waals surface area contributed by atoms with Gasteiger partial charge in [0, 0.05) is 0 Å². The Bertz CT molecular complexity index is 853. The maximum absolute atomic E-state index is 4.00. The highest BCUT2D eigenvalue weighted by Crippen LogP contribution is 2.43. The summed E-state index contributed by atoms with van der Waals surface area (Å²) in [7, 11) is 0. The lowest BCUT2D eigenvalue weighted by Crippen LogP contribution is -2.04. The molecule has 0 heterocycles. The van der Waals surface area contributed by atoms with Crippen LogP contribution in [0.15, 0.2) is 55.1 Å². The second-order valence-corrected chi connectivity index (χ2v) is 5.53. The molecule has 1 aliphatic rings. The van der Waals surface area contributed by atoms with E-state index in [1.54, 1.807) is 0 Å². The molecule has 0 nitrogen and oxygen atoms in total. The van der Waals surface area contributed by atoms with Crippen LogP contribution in [-0.4, -0.2) is 0 Å². The van der Waals surface area contributed by atoms with Crippen molar-refractivity contribution in [1.29, 1.82) is 0 Å². The SMILES string of the molecule is C=Cc1ccc2cccc3c2c1-c1c(C)cccc1C3. The Hall–Kier alpha value is -2.34. The lowest BCUT2D eigenvalue weighted by Gasteiger charge is -2.24. The summed E-state index contributed by atoms with van der Waals surface area (Å²) in [6.45, 7) is 6.21. The zero-order valence-electron chi connectivity index (χ0n) is 11.6. The maximum atomic E-state index is 4.00. The monoisotopic (exact) mass is 256 g/mol. The van der Waals surface area contributed by atoms with Crippen LogP contribution in [-0.2, 0) is 6.42 Å². The second kappa shape index (κ2) is 4.08. The molecule has 4 rings (SSSR count). The zero-order chi connectivity index (χ0) is 13.7. The number of hydrogen-bond acceptors (Lipinski definition) is 0. The molecule has 0 atom stereocenters. The first-order valence-corrected chi connectivity index (χ1v) is 7.05. The summed E-state index contributed by atoms with van der Waals surface area (Å²) in [4.78, 5) is 0. The molecule has 0 aliphatic heterocycles. The predicted octanol–water partition coefficient (Wildman–Crippen LogP) is 5.36. The molecule has 0 bridgehead atoms. The lowest BCUT2D eigenvalue weighted by atomic mass is 9.79. The van der Waals surface area contributed by atoms with Crippen molar-refractivity contribution in [1.82, 2.24) is 0 Å². The van der Waals surface area contributed by atoms with Crippen LogP contribution >= 0.6 is 0 Å². The van der Waals surface area contributed by atoms with Gasteiger partial charge in [-0.1, -0.05) is 61.2 Å². The van der Waals surface area contributed by atoms with Gasteiger partial charge in [0.25, 0.3) is 0 Å². The Morgan fingerprint density at radius 1 is 0.900 bits per heavy atom. The first-order valence-electron chi connectivity index (χ1n) is 7.05. The summed E-state index contributed by atoms with van der Waals surface area (Å²) in [5, 5.41) is 2.74. The third-order valence-electron chi connectivity index (χ3n) is 4.37. The summed E-state index contributed by atoms with van der Waals surface area (Å²) in [6.07, 6.45) is 3.01. The Morgan fingerprint density at radius 2 is 1.70 bits per heavy atom. The summed E-state index contributed by atoms with van der Waals surface area (Å²) in [5.74, 6) is 0. The van der Waals surface area contributed by atoms with Gasteiger partial charge in [-0.05, 0) is 57.5 Å². The van der Waals surface area contributed by atoms with Crippen LogP contribution in [0.2, 0.25) is 0 Å². The molecule has 0 heteroatoms. The van der Waals surface area contributed by atoms with Crippen LogP contribution in [0.1, 0.15) is 22.3 Å². The van der Waals surface area contributed by atoms with Crippen molar-refractivity contribution in [2.75, 3.05) is 0 Å². The fraction of sp³-hybridized carbons (Fsp3) is 0.100. The van der Waals surface area contributed by atoms with Crippen molar-refractivity contribution in [2.24, 2.45) is 0 Å². The van der Waals surface area contributed by atoms with Crippen molar-refractivity contribution < 1.29 is 0 Å². The van der Waals surface area contributed by atoms with Gasteiger partial charge >= 0.3 is 0 Å². The van der Waals surface area contributed by atoms with E-state index in [0.717, 1.165) is 6.42 Å². The molecule has 0 amide bonds. The Morgan fingerprint density at radius 3 is 2.55 bits per heavy atom. The van der Waals surface area contributed by atoms with E-state index in [9.17, 15) is 0 Å². The summed E-state index contributed by atoms with van der Waals surface area (Å²) < 4.78 is 0. The van der Waals surface area contributed by atoms with E-state index in [1.807, 2.05) is 6.08 Å². The topological polar surface area (TPSA) is 0 Å². The lowest BCUT2D eigenvalue weighted by molar-refractivity contribution is 1.18. The van der Waals surface area contributed by atoms with Crippen LogP contribution in [0, 0.1) is 6.92 Å². The zero-order valence-corrected chi connectivity index (χ0v) is 11.6. The van der Waals surface area contributed by atoms with Crippen molar-refractivity contribution in [3.8, 4) is 11.1 Å². The highest BCUT2D eigenvalue weighted by atomic mass is 14.2. The second-order valence-electron chi connectivity index (χ2n) is 5.53. The van der Waals surface area contributed by atoms with Crippen molar-refractivity contribution >= 4 is 16.8 Å². The smallest absolute Gasteiger partial charge is 0.00131 e. The average Bonchev–Trinajstić information content (AvgIpc) is 2.48. The molecular weight excluding hydrogens is 240 g/mol. The third kappa shape index (κ3) is 1.42. The molecule has 3 aromatic carbocycles. The van der Waals surface area contributed by atoms with E-state index in [0.29, 0.717) is 0 Å². The van der Waals surface area contributed by atoms with Gasteiger partial charge in [-0.2, -0.15) is 0 Å². The van der Waals surface area contributed by atoms with Crippen LogP contribution < -0.4 is 0 Å². The molecule has 0 unspecified atom stereocenters. The largest absolute Gasteiger partial charge is 0.0984 e. The Balaban J connectivity index is 2.27. The molecule has 1 aliphatic carbocycles. The van der Waals surface area contributed by atoms with Gasteiger partial charge in [0.15, 0.2) is 0 Å². The minimum Gasteiger partial charge on any atom is -0.0984 e. The summed E-state index contributed by atoms with van der Waals surface area (Å²) in [6, 6.07) is 17.6. The van der Waals surface area contributed by atoms with Gasteiger partial charge in [-0.15, -0.1) is 0 Å². The van der Waals surface area contributed by atoms with Gasteiger partial charge in [-0.3, -0.25) is 0 Å². The normalized spacial score (nSPS) is 12.2. The van der Waals surface area contributed by atoms with Gasteiger partial charge in [-0.25, -0.2) is 0 Å². The van der Waals surface area contributed by atoms with Gasteiger partial charge < -0.3 is 0 Å². The molecule has 20 heavy (non-hydrogen) atoms. The minimum atomic E-state index is 1.03. The molecule has 0 fully saturated rings. The molecule has 0 saturated carbocycles. The molecule has 3 aromatic rings. The van der Waals surface area contributed by atoms with Crippen molar-refractivity contribution in [3.05, 3.63) is 77.4 Å². The van der Waals surface area contributed by atoms with Crippen molar-refractivity contribution in [2.45, 2.75) is 13.3 Å². The first-order chi connectivity index (χ1) is 9.79. The minimum absolute atomic E-state index is 1.03. The standard InChI is InChI=1S/C20H16/c1-3-14-10-11-15-7-5-9-17-12-16-8-4-6-13(2)18(16)20(14)19(15)17/h3-11H,1,12H2,2H3.